The number of nitro groups is 1. The zero-order chi connectivity index (χ0) is 14.0. The second kappa shape index (κ2) is 5.05. The summed E-state index contributed by atoms with van der Waals surface area (Å²) in [6.45, 7) is 4.10. The first-order valence-corrected chi connectivity index (χ1v) is 5.79. The lowest BCUT2D eigenvalue weighted by Crippen LogP contribution is -2.17. The van der Waals surface area contributed by atoms with Crippen molar-refractivity contribution in [3.05, 3.63) is 34.5 Å². The monoisotopic (exact) mass is 263 g/mol. The molecule has 0 saturated carbocycles. The molecule has 0 atom stereocenters. The van der Waals surface area contributed by atoms with Crippen LogP contribution >= 0.6 is 0 Å². The van der Waals surface area contributed by atoms with Crippen molar-refractivity contribution in [2.24, 2.45) is 5.92 Å². The molecule has 7 heteroatoms. The predicted octanol–water partition coefficient (Wildman–Crippen LogP) is 2.59. The van der Waals surface area contributed by atoms with Crippen molar-refractivity contribution in [1.29, 1.82) is 0 Å². The van der Waals surface area contributed by atoms with Crippen LogP contribution in [-0.2, 0) is 4.74 Å². The molecule has 0 aliphatic rings. The van der Waals surface area contributed by atoms with Crippen LogP contribution < -0.4 is 0 Å². The van der Waals surface area contributed by atoms with Crippen molar-refractivity contribution < 1.29 is 14.5 Å². The van der Waals surface area contributed by atoms with Gasteiger partial charge in [-0.25, -0.2) is 4.79 Å². The third-order valence-corrected chi connectivity index (χ3v) is 2.50. The summed E-state index contributed by atoms with van der Waals surface area (Å²) in [7, 11) is 0. The van der Waals surface area contributed by atoms with E-state index in [9.17, 15) is 14.9 Å². The molecular formula is C12H13N3O4. The Hall–Kier alpha value is -2.44. The molecule has 0 N–H and O–H groups in total. The van der Waals surface area contributed by atoms with Crippen LogP contribution in [-0.4, -0.2) is 27.4 Å². The Morgan fingerprint density at radius 1 is 1.53 bits per heavy atom. The normalized spacial score (nSPS) is 10.9. The van der Waals surface area contributed by atoms with E-state index in [0.29, 0.717) is 10.9 Å². The minimum absolute atomic E-state index is 0.0830. The van der Waals surface area contributed by atoms with Crippen LogP contribution in [0.2, 0.25) is 0 Å². The Morgan fingerprint density at radius 3 is 2.89 bits per heavy atom. The number of aromatic nitrogens is 2. The second-order valence-electron chi connectivity index (χ2n) is 4.49. The average molecular weight is 263 g/mol. The first-order chi connectivity index (χ1) is 9.00. The number of carbonyl (C=O) groups excluding carboxylic acids is 1. The van der Waals surface area contributed by atoms with E-state index >= 15 is 0 Å². The molecule has 2 aromatic rings. The minimum atomic E-state index is -0.635. The predicted molar refractivity (Wildman–Crippen MR) is 68.0 cm³/mol. The van der Waals surface area contributed by atoms with Crippen LogP contribution in [0.3, 0.4) is 0 Å². The molecule has 0 unspecified atom stereocenters. The highest BCUT2D eigenvalue weighted by atomic mass is 16.6. The van der Waals surface area contributed by atoms with Gasteiger partial charge < -0.3 is 4.74 Å². The van der Waals surface area contributed by atoms with Gasteiger partial charge in [0.05, 0.1) is 28.6 Å². The first-order valence-electron chi connectivity index (χ1n) is 5.79. The highest BCUT2D eigenvalue weighted by molar-refractivity contribution is 5.93. The van der Waals surface area contributed by atoms with Crippen LogP contribution in [0.4, 0.5) is 10.5 Å². The van der Waals surface area contributed by atoms with Crippen molar-refractivity contribution in [3.63, 3.8) is 0 Å². The standard InChI is InChI=1S/C12H13N3O4/c1-8(2)7-19-12(16)14-10-4-3-5-11(15(17)18)9(10)6-13-14/h3-6,8H,7H2,1-2H3. The SMILES string of the molecule is CC(C)COC(=O)n1ncc2c([N+](=O)[O-])cccc21. The maximum absolute atomic E-state index is 11.8. The summed E-state index contributed by atoms with van der Waals surface area (Å²) < 4.78 is 6.08. The Morgan fingerprint density at radius 2 is 2.26 bits per heavy atom. The van der Waals surface area contributed by atoms with Crippen molar-refractivity contribution >= 4 is 22.7 Å². The van der Waals surface area contributed by atoms with E-state index in [1.54, 1.807) is 6.07 Å². The van der Waals surface area contributed by atoms with Gasteiger partial charge in [-0.3, -0.25) is 10.1 Å². The van der Waals surface area contributed by atoms with Gasteiger partial charge in [0, 0.05) is 6.07 Å². The Balaban J connectivity index is 2.38. The lowest BCUT2D eigenvalue weighted by molar-refractivity contribution is -0.383. The smallest absolute Gasteiger partial charge is 0.435 e. The number of hydrogen-bond donors (Lipinski definition) is 0. The molecule has 100 valence electrons. The molecule has 19 heavy (non-hydrogen) atoms. The van der Waals surface area contributed by atoms with E-state index in [0.717, 1.165) is 4.68 Å². The van der Waals surface area contributed by atoms with Gasteiger partial charge in [0.15, 0.2) is 0 Å². The maximum Gasteiger partial charge on any atom is 0.435 e. The fraction of sp³-hybridized carbons (Fsp3) is 0.333. The molecule has 7 nitrogen and oxygen atoms in total. The van der Waals surface area contributed by atoms with Gasteiger partial charge in [-0.05, 0) is 12.0 Å². The molecule has 0 spiro atoms. The lowest BCUT2D eigenvalue weighted by atomic mass is 10.2. The largest absolute Gasteiger partial charge is 0.448 e. The van der Waals surface area contributed by atoms with Gasteiger partial charge in [-0.2, -0.15) is 9.78 Å². The number of fused-ring (bicyclic) bond motifs is 1. The molecule has 0 amide bonds. The molecule has 0 bridgehead atoms. The summed E-state index contributed by atoms with van der Waals surface area (Å²) in [5, 5.41) is 15.0. The number of non-ortho nitro benzene ring substituents is 1. The summed E-state index contributed by atoms with van der Waals surface area (Å²) in [5.74, 6) is 0.208. The zero-order valence-electron chi connectivity index (χ0n) is 10.6. The summed E-state index contributed by atoms with van der Waals surface area (Å²) >= 11 is 0. The molecule has 2 rings (SSSR count). The van der Waals surface area contributed by atoms with Gasteiger partial charge in [0.25, 0.3) is 5.69 Å². The van der Waals surface area contributed by atoms with Crippen LogP contribution in [0, 0.1) is 16.0 Å². The van der Waals surface area contributed by atoms with E-state index in [1.807, 2.05) is 13.8 Å². The molecule has 1 aromatic heterocycles. The van der Waals surface area contributed by atoms with Gasteiger partial charge in [-0.15, -0.1) is 0 Å². The summed E-state index contributed by atoms with van der Waals surface area (Å²) in [6.07, 6.45) is 0.661. The Kier molecular flexibility index (Phi) is 3.46. The Labute approximate surface area is 108 Å². The number of nitrogens with zero attached hydrogens (tertiary/aromatic N) is 3. The fourth-order valence-corrected chi connectivity index (χ4v) is 1.64. The number of rotatable bonds is 3. The number of carbonyl (C=O) groups is 1. The van der Waals surface area contributed by atoms with E-state index in [2.05, 4.69) is 5.10 Å². The molecule has 1 heterocycles. The highest BCUT2D eigenvalue weighted by Gasteiger charge is 2.18. The molecule has 0 saturated heterocycles. The number of nitro benzene ring substituents is 1. The van der Waals surface area contributed by atoms with Gasteiger partial charge in [0.2, 0.25) is 0 Å². The fourth-order valence-electron chi connectivity index (χ4n) is 1.64. The molecule has 0 aliphatic heterocycles. The second-order valence-corrected chi connectivity index (χ2v) is 4.49. The molecular weight excluding hydrogens is 250 g/mol. The van der Waals surface area contributed by atoms with Crippen molar-refractivity contribution in [3.8, 4) is 0 Å². The first kappa shape index (κ1) is 13.0. The van der Waals surface area contributed by atoms with Crippen LogP contribution in [0.15, 0.2) is 24.4 Å². The minimum Gasteiger partial charge on any atom is -0.448 e. The molecule has 0 fully saturated rings. The van der Waals surface area contributed by atoms with Crippen molar-refractivity contribution in [2.75, 3.05) is 6.61 Å². The number of benzene rings is 1. The Bertz CT molecular complexity index is 633. The van der Waals surface area contributed by atoms with Crippen LogP contribution in [0.25, 0.3) is 10.9 Å². The van der Waals surface area contributed by atoms with Crippen molar-refractivity contribution in [2.45, 2.75) is 13.8 Å². The van der Waals surface area contributed by atoms with Crippen molar-refractivity contribution in [1.82, 2.24) is 9.78 Å². The van der Waals surface area contributed by atoms with Gasteiger partial charge in [0.1, 0.15) is 0 Å². The van der Waals surface area contributed by atoms with Gasteiger partial charge >= 0.3 is 6.09 Å². The molecule has 1 aromatic carbocycles. The molecule has 0 radical (unpaired) electrons. The number of ether oxygens (including phenoxy) is 1. The third-order valence-electron chi connectivity index (χ3n) is 2.50. The quantitative estimate of drug-likeness (QED) is 0.627. The van der Waals surface area contributed by atoms with Crippen LogP contribution in [0.5, 0.6) is 0 Å². The van der Waals surface area contributed by atoms with Crippen LogP contribution in [0.1, 0.15) is 13.8 Å². The summed E-state index contributed by atoms with van der Waals surface area (Å²) in [5.41, 5.74) is 0.281. The summed E-state index contributed by atoms with van der Waals surface area (Å²) in [4.78, 5) is 22.2. The molecule has 0 aliphatic carbocycles. The van der Waals surface area contributed by atoms with E-state index < -0.39 is 11.0 Å². The lowest BCUT2D eigenvalue weighted by Gasteiger charge is -2.07. The average Bonchev–Trinajstić information content (AvgIpc) is 2.79. The van der Waals surface area contributed by atoms with Gasteiger partial charge in [-0.1, -0.05) is 19.9 Å². The van der Waals surface area contributed by atoms with E-state index in [-0.39, 0.29) is 18.2 Å². The zero-order valence-corrected chi connectivity index (χ0v) is 10.6. The highest BCUT2D eigenvalue weighted by Crippen LogP contribution is 2.24. The number of hydrogen-bond acceptors (Lipinski definition) is 5. The van der Waals surface area contributed by atoms with E-state index in [4.69, 9.17) is 4.74 Å². The summed E-state index contributed by atoms with van der Waals surface area (Å²) in [6, 6.07) is 4.47. The van der Waals surface area contributed by atoms with E-state index in [1.165, 1.54) is 18.3 Å². The third kappa shape index (κ3) is 2.54. The topological polar surface area (TPSA) is 87.3 Å². The maximum atomic E-state index is 11.8.